The van der Waals surface area contributed by atoms with Crippen LogP contribution in [0.3, 0.4) is 0 Å². The molecule has 0 spiro atoms. The minimum Gasteiger partial charge on any atom is -0.303 e. The number of benzene rings is 1. The van der Waals surface area contributed by atoms with Crippen LogP contribution in [0.15, 0.2) is 40.7 Å². The molecule has 6 heteroatoms. The van der Waals surface area contributed by atoms with Crippen molar-refractivity contribution in [1.82, 2.24) is 10.4 Å². The Kier molecular flexibility index (Phi) is 4.38. The molecule has 0 fully saturated rings. The summed E-state index contributed by atoms with van der Waals surface area (Å²) >= 11 is 14.5. The van der Waals surface area contributed by atoms with Gasteiger partial charge in [0.25, 0.3) is 0 Å². The Morgan fingerprint density at radius 3 is 2.61 bits per heavy atom. The van der Waals surface area contributed by atoms with E-state index >= 15 is 0 Å². The molecule has 0 bridgehead atoms. The Bertz CT molecular complexity index is 725. The third-order valence-electron chi connectivity index (χ3n) is 4.25. The lowest BCUT2D eigenvalue weighted by molar-refractivity contribution is -0.745. The van der Waals surface area contributed by atoms with E-state index in [0.717, 1.165) is 21.0 Å². The highest BCUT2D eigenvalue weighted by molar-refractivity contribution is 7.94. The third-order valence-corrected chi connectivity index (χ3v) is 6.21. The number of fused-ring (bicyclic) bond motifs is 1. The largest absolute Gasteiger partial charge is 0.303 e. The molecule has 1 N–H and O–H groups in total. The summed E-state index contributed by atoms with van der Waals surface area (Å²) in [6, 6.07) is 5.81. The average Bonchev–Trinajstić information content (AvgIpc) is 2.64. The molecule has 0 amide bonds. The lowest BCUT2D eigenvalue weighted by Crippen LogP contribution is -2.34. The maximum Gasteiger partial charge on any atom is 0.115 e. The van der Waals surface area contributed by atoms with E-state index in [4.69, 9.17) is 23.2 Å². The van der Waals surface area contributed by atoms with Crippen LogP contribution in [0.4, 0.5) is 0 Å². The van der Waals surface area contributed by atoms with Crippen molar-refractivity contribution in [2.75, 3.05) is 27.7 Å². The molecule has 0 aromatic heterocycles. The van der Waals surface area contributed by atoms with Gasteiger partial charge in [0.1, 0.15) is 11.8 Å². The van der Waals surface area contributed by atoms with E-state index in [-0.39, 0.29) is 5.25 Å². The molecule has 0 radical (unpaired) electrons. The number of rotatable bonds is 1. The van der Waals surface area contributed by atoms with Crippen molar-refractivity contribution < 1.29 is 3.89 Å². The number of hydrogen-bond acceptors (Lipinski definition) is 3. The summed E-state index contributed by atoms with van der Waals surface area (Å²) in [6.45, 7) is 5.35. The first kappa shape index (κ1) is 17.0. The van der Waals surface area contributed by atoms with Gasteiger partial charge >= 0.3 is 0 Å². The standard InChI is InChI=1S/C17H22Cl2N3S/c1-10-9-22(4,5)23-17(13-7-6-12(18)8-14(13)19)15-11(2)20-21(3)16(10)15/h6-8,17,20H,9H2,1-5H3/q+1. The van der Waals surface area contributed by atoms with Gasteiger partial charge in [0, 0.05) is 33.9 Å². The Morgan fingerprint density at radius 1 is 1.26 bits per heavy atom. The zero-order valence-electron chi connectivity index (χ0n) is 14.1. The molecule has 2 aliphatic heterocycles. The summed E-state index contributed by atoms with van der Waals surface area (Å²) in [5.74, 6) is 0. The van der Waals surface area contributed by atoms with E-state index in [1.807, 2.05) is 24.1 Å². The monoisotopic (exact) mass is 370 g/mol. The highest BCUT2D eigenvalue weighted by atomic mass is 35.5. The van der Waals surface area contributed by atoms with Crippen LogP contribution in [-0.2, 0) is 0 Å². The molecular formula is C17H22Cl2N3S+. The minimum absolute atomic E-state index is 0.166. The van der Waals surface area contributed by atoms with Crippen molar-refractivity contribution in [2.45, 2.75) is 19.1 Å². The van der Waals surface area contributed by atoms with Gasteiger partial charge in [-0.1, -0.05) is 29.3 Å². The summed E-state index contributed by atoms with van der Waals surface area (Å²) in [7, 11) is 6.57. The van der Waals surface area contributed by atoms with Crippen molar-refractivity contribution >= 4 is 35.1 Å². The van der Waals surface area contributed by atoms with Crippen LogP contribution in [0, 0.1) is 0 Å². The van der Waals surface area contributed by atoms with Gasteiger partial charge in [-0.3, -0.25) is 8.90 Å². The predicted molar refractivity (Wildman–Crippen MR) is 100 cm³/mol. The van der Waals surface area contributed by atoms with Crippen LogP contribution in [0.2, 0.25) is 10.0 Å². The second-order valence-electron chi connectivity index (χ2n) is 6.72. The molecule has 3 nitrogen and oxygen atoms in total. The van der Waals surface area contributed by atoms with Crippen LogP contribution < -0.4 is 5.43 Å². The predicted octanol–water partition coefficient (Wildman–Crippen LogP) is 4.77. The van der Waals surface area contributed by atoms with Crippen LogP contribution >= 0.6 is 35.1 Å². The lowest BCUT2D eigenvalue weighted by atomic mass is 9.98. The summed E-state index contributed by atoms with van der Waals surface area (Å²) in [5, 5.41) is 3.69. The van der Waals surface area contributed by atoms with Gasteiger partial charge in [0.05, 0.1) is 31.7 Å². The van der Waals surface area contributed by atoms with Crippen molar-refractivity contribution in [1.29, 1.82) is 0 Å². The topological polar surface area (TPSA) is 15.3 Å². The van der Waals surface area contributed by atoms with E-state index in [2.05, 4.69) is 51.5 Å². The molecule has 2 heterocycles. The van der Waals surface area contributed by atoms with Crippen molar-refractivity contribution in [3.63, 3.8) is 0 Å². The summed E-state index contributed by atoms with van der Waals surface area (Å²) in [5.41, 5.74) is 9.74. The number of hydrogen-bond donors (Lipinski definition) is 1. The second-order valence-corrected chi connectivity index (χ2v) is 9.24. The van der Waals surface area contributed by atoms with Crippen LogP contribution in [0.25, 0.3) is 0 Å². The average molecular weight is 371 g/mol. The molecular weight excluding hydrogens is 349 g/mol. The fraction of sp³-hybridized carbons (Fsp3) is 0.412. The smallest absolute Gasteiger partial charge is 0.115 e. The molecule has 0 aliphatic carbocycles. The highest BCUT2D eigenvalue weighted by Gasteiger charge is 2.41. The number of nitrogens with one attached hydrogen (secondary N) is 1. The van der Waals surface area contributed by atoms with Crippen LogP contribution in [0.5, 0.6) is 0 Å². The van der Waals surface area contributed by atoms with Crippen LogP contribution in [0.1, 0.15) is 24.7 Å². The minimum atomic E-state index is 0.166. The SMILES string of the molecule is CC1=C2C(=C(C)NN2C)C(c2ccc(Cl)cc2Cl)S[N+](C)(C)C1. The lowest BCUT2D eigenvalue weighted by Gasteiger charge is -2.29. The first-order valence-electron chi connectivity index (χ1n) is 7.57. The molecule has 1 atom stereocenters. The van der Waals surface area contributed by atoms with E-state index in [1.165, 1.54) is 22.5 Å². The quantitative estimate of drug-likeness (QED) is 0.566. The molecule has 0 saturated carbocycles. The Hall–Kier alpha value is -0.810. The Labute approximate surface area is 152 Å². The Morgan fingerprint density at radius 2 is 1.96 bits per heavy atom. The van der Waals surface area contributed by atoms with Crippen molar-refractivity contribution in [3.8, 4) is 0 Å². The van der Waals surface area contributed by atoms with E-state index in [0.29, 0.717) is 5.02 Å². The van der Waals surface area contributed by atoms with Gasteiger partial charge < -0.3 is 5.43 Å². The second kappa shape index (κ2) is 5.92. The molecule has 0 saturated heterocycles. The molecule has 3 rings (SSSR count). The summed E-state index contributed by atoms with van der Waals surface area (Å²) in [6.07, 6.45) is 0. The number of halogens is 2. The number of quaternary nitrogens is 1. The highest BCUT2D eigenvalue weighted by Crippen LogP contribution is 2.51. The number of likely N-dealkylation sites (N-methyl/N-ethyl adjacent to an activating group) is 2. The van der Waals surface area contributed by atoms with E-state index in [1.54, 1.807) is 0 Å². The maximum absolute atomic E-state index is 6.54. The number of hydrazine groups is 1. The maximum atomic E-state index is 6.54. The van der Waals surface area contributed by atoms with Gasteiger partial charge in [0.15, 0.2) is 0 Å². The zero-order chi connectivity index (χ0) is 16.9. The van der Waals surface area contributed by atoms with Crippen molar-refractivity contribution in [2.24, 2.45) is 0 Å². The van der Waals surface area contributed by atoms with Gasteiger partial charge in [-0.05, 0) is 31.5 Å². The molecule has 1 unspecified atom stereocenters. The first-order valence-corrected chi connectivity index (χ1v) is 9.16. The fourth-order valence-corrected chi connectivity index (χ4v) is 5.64. The molecule has 23 heavy (non-hydrogen) atoms. The van der Waals surface area contributed by atoms with Crippen LogP contribution in [-0.4, -0.2) is 36.6 Å². The zero-order valence-corrected chi connectivity index (χ0v) is 16.4. The molecule has 1 aromatic rings. The summed E-state index contributed by atoms with van der Waals surface area (Å²) < 4.78 is 0.851. The number of allylic oxidation sites excluding steroid dienone is 2. The van der Waals surface area contributed by atoms with Gasteiger partial charge in [-0.15, -0.1) is 0 Å². The molecule has 124 valence electrons. The van der Waals surface area contributed by atoms with Crippen molar-refractivity contribution in [3.05, 3.63) is 56.3 Å². The number of nitrogens with zero attached hydrogens (tertiary/aromatic N) is 2. The van der Waals surface area contributed by atoms with Gasteiger partial charge in [-0.2, -0.15) is 0 Å². The van der Waals surface area contributed by atoms with E-state index < -0.39 is 0 Å². The fourth-order valence-electron chi connectivity index (χ4n) is 3.51. The molecule has 1 aromatic carbocycles. The first-order chi connectivity index (χ1) is 10.7. The van der Waals surface area contributed by atoms with Gasteiger partial charge in [0.2, 0.25) is 0 Å². The molecule has 2 aliphatic rings. The third kappa shape index (κ3) is 3.10. The summed E-state index contributed by atoms with van der Waals surface area (Å²) in [4.78, 5) is 0. The van der Waals surface area contributed by atoms with E-state index in [9.17, 15) is 0 Å². The normalized spacial score (nSPS) is 23.8. The van der Waals surface area contributed by atoms with Gasteiger partial charge in [-0.25, -0.2) is 0 Å². The Balaban J connectivity index is 2.20.